The third-order valence-corrected chi connectivity index (χ3v) is 4.49. The van der Waals surface area contributed by atoms with Crippen LogP contribution >= 0.6 is 11.6 Å². The molecule has 0 fully saturated rings. The molecule has 0 aliphatic rings. The summed E-state index contributed by atoms with van der Waals surface area (Å²) in [6, 6.07) is 12.7. The van der Waals surface area contributed by atoms with Crippen LogP contribution < -0.4 is 10.6 Å². The predicted octanol–water partition coefficient (Wildman–Crippen LogP) is 4.37. The Morgan fingerprint density at radius 2 is 2.14 bits per heavy atom. The molecule has 1 heterocycles. The first kappa shape index (κ1) is 19.6. The van der Waals surface area contributed by atoms with Crippen LogP contribution in [0.15, 0.2) is 60.0 Å². The smallest absolute Gasteiger partial charge is 0.256 e. The number of nitrogens with zero attached hydrogens (tertiary/aromatic N) is 2. The van der Waals surface area contributed by atoms with Gasteiger partial charge in [0.25, 0.3) is 5.91 Å². The molecule has 6 nitrogen and oxygen atoms in total. The van der Waals surface area contributed by atoms with Crippen LogP contribution in [0.25, 0.3) is 0 Å². The van der Waals surface area contributed by atoms with E-state index in [4.69, 9.17) is 11.6 Å². The van der Waals surface area contributed by atoms with Crippen molar-refractivity contribution in [3.8, 4) is 0 Å². The number of carbonyl (C=O) groups excluding carboxylic acids is 1. The summed E-state index contributed by atoms with van der Waals surface area (Å²) < 4.78 is 0. The second-order valence-corrected chi connectivity index (χ2v) is 6.59. The van der Waals surface area contributed by atoms with Gasteiger partial charge in [-0.3, -0.25) is 4.79 Å². The van der Waals surface area contributed by atoms with Crippen LogP contribution in [-0.2, 0) is 12.8 Å². The molecule has 0 bridgehead atoms. The van der Waals surface area contributed by atoms with Crippen LogP contribution in [0.2, 0.25) is 5.02 Å². The minimum absolute atomic E-state index is 0.252. The maximum absolute atomic E-state index is 12.2. The van der Waals surface area contributed by atoms with Crippen LogP contribution in [-0.4, -0.2) is 28.8 Å². The SMILES string of the molecule is CCc1c(N=CNC(=O)c2cccc(Cl)c2)cccc1NCCc1cnc[nH]1. The first-order valence-corrected chi connectivity index (χ1v) is 9.47. The van der Waals surface area contributed by atoms with E-state index in [2.05, 4.69) is 32.5 Å². The van der Waals surface area contributed by atoms with Gasteiger partial charge in [-0.05, 0) is 36.8 Å². The normalized spacial score (nSPS) is 10.9. The minimum Gasteiger partial charge on any atom is -0.384 e. The summed E-state index contributed by atoms with van der Waals surface area (Å²) >= 11 is 5.92. The van der Waals surface area contributed by atoms with Crippen molar-refractivity contribution in [2.45, 2.75) is 19.8 Å². The van der Waals surface area contributed by atoms with Crippen LogP contribution in [0.3, 0.4) is 0 Å². The Balaban J connectivity index is 1.64. The van der Waals surface area contributed by atoms with Gasteiger partial charge in [-0.2, -0.15) is 0 Å². The molecule has 0 aliphatic heterocycles. The number of imidazole rings is 1. The fourth-order valence-electron chi connectivity index (χ4n) is 2.86. The lowest BCUT2D eigenvalue weighted by molar-refractivity contribution is 0.0978. The molecule has 0 unspecified atom stereocenters. The van der Waals surface area contributed by atoms with E-state index in [-0.39, 0.29) is 5.91 Å². The number of aliphatic imine (C=N–C) groups is 1. The average Bonchev–Trinajstić information content (AvgIpc) is 3.21. The lowest BCUT2D eigenvalue weighted by Crippen LogP contribution is -2.21. The molecule has 0 atom stereocenters. The first-order valence-electron chi connectivity index (χ1n) is 9.09. The van der Waals surface area contributed by atoms with Gasteiger partial charge >= 0.3 is 0 Å². The summed E-state index contributed by atoms with van der Waals surface area (Å²) in [4.78, 5) is 23.7. The second kappa shape index (κ2) is 9.71. The number of rotatable bonds is 8. The van der Waals surface area contributed by atoms with Crippen molar-refractivity contribution < 1.29 is 4.79 Å². The van der Waals surface area contributed by atoms with Crippen LogP contribution in [0.5, 0.6) is 0 Å². The number of H-pyrrole nitrogens is 1. The third kappa shape index (κ3) is 5.20. The van der Waals surface area contributed by atoms with Gasteiger partial charge < -0.3 is 15.6 Å². The van der Waals surface area contributed by atoms with E-state index >= 15 is 0 Å². The second-order valence-electron chi connectivity index (χ2n) is 6.15. The molecule has 0 saturated carbocycles. The van der Waals surface area contributed by atoms with Gasteiger partial charge in [0.05, 0.1) is 18.4 Å². The highest BCUT2D eigenvalue weighted by Crippen LogP contribution is 2.27. The molecular weight excluding hydrogens is 374 g/mol. The molecule has 7 heteroatoms. The number of aromatic amines is 1. The van der Waals surface area contributed by atoms with Gasteiger partial charge in [-0.15, -0.1) is 0 Å². The molecule has 28 heavy (non-hydrogen) atoms. The number of aromatic nitrogens is 2. The van der Waals surface area contributed by atoms with Crippen molar-refractivity contribution in [3.05, 3.63) is 76.8 Å². The van der Waals surface area contributed by atoms with Crippen molar-refractivity contribution in [1.29, 1.82) is 0 Å². The quantitative estimate of drug-likeness (QED) is 0.391. The Kier molecular flexibility index (Phi) is 6.81. The molecule has 2 aromatic carbocycles. The number of anilines is 1. The molecule has 3 aromatic rings. The molecular formula is C21H22ClN5O. The number of hydrogen-bond acceptors (Lipinski definition) is 4. The van der Waals surface area contributed by atoms with Crippen molar-refractivity contribution >= 4 is 35.2 Å². The Labute approximate surface area is 169 Å². The first-order chi connectivity index (χ1) is 13.7. The van der Waals surface area contributed by atoms with E-state index in [0.717, 1.165) is 42.0 Å². The zero-order chi connectivity index (χ0) is 19.8. The Morgan fingerprint density at radius 3 is 2.89 bits per heavy atom. The van der Waals surface area contributed by atoms with Gasteiger partial charge in [0.15, 0.2) is 0 Å². The molecule has 0 spiro atoms. The number of carbonyl (C=O) groups is 1. The summed E-state index contributed by atoms with van der Waals surface area (Å²) in [5.41, 5.74) is 4.53. The van der Waals surface area contributed by atoms with E-state index in [1.165, 1.54) is 6.34 Å². The molecule has 1 amide bonds. The third-order valence-electron chi connectivity index (χ3n) is 4.26. The lowest BCUT2D eigenvalue weighted by atomic mass is 10.1. The van der Waals surface area contributed by atoms with Gasteiger partial charge in [-0.25, -0.2) is 9.98 Å². The number of hydrogen-bond donors (Lipinski definition) is 3. The average molecular weight is 396 g/mol. The molecule has 0 saturated heterocycles. The highest BCUT2D eigenvalue weighted by Gasteiger charge is 2.07. The Bertz CT molecular complexity index is 953. The number of amides is 1. The Hall–Kier alpha value is -3.12. The molecule has 1 aromatic heterocycles. The molecule has 0 radical (unpaired) electrons. The largest absolute Gasteiger partial charge is 0.384 e. The number of benzene rings is 2. The van der Waals surface area contributed by atoms with E-state index < -0.39 is 0 Å². The lowest BCUT2D eigenvalue weighted by Gasteiger charge is -2.13. The van der Waals surface area contributed by atoms with Gasteiger partial charge in [-0.1, -0.05) is 30.7 Å². The van der Waals surface area contributed by atoms with Gasteiger partial charge in [0.2, 0.25) is 0 Å². The van der Waals surface area contributed by atoms with Crippen LogP contribution in [0.4, 0.5) is 11.4 Å². The van der Waals surface area contributed by atoms with Crippen molar-refractivity contribution in [2.75, 3.05) is 11.9 Å². The van der Waals surface area contributed by atoms with E-state index in [0.29, 0.717) is 10.6 Å². The predicted molar refractivity (Wildman–Crippen MR) is 114 cm³/mol. The van der Waals surface area contributed by atoms with Crippen LogP contribution in [0, 0.1) is 0 Å². The standard InChI is InChI=1S/C21H22ClN5O/c1-2-18-19(24-10-9-17-12-23-13-25-17)7-4-8-20(18)26-14-27-21(28)15-5-3-6-16(22)11-15/h3-8,11-14,24H,2,9-10H2,1H3,(H,23,25)(H,26,27,28). The molecule has 0 aliphatic carbocycles. The van der Waals surface area contributed by atoms with Gasteiger partial charge in [0, 0.05) is 46.7 Å². The van der Waals surface area contributed by atoms with Crippen molar-refractivity contribution in [1.82, 2.24) is 15.3 Å². The summed E-state index contributed by atoms with van der Waals surface area (Å²) in [5, 5.41) is 6.66. The van der Waals surface area contributed by atoms with E-state index in [9.17, 15) is 4.79 Å². The summed E-state index contributed by atoms with van der Waals surface area (Å²) in [6.07, 6.45) is 6.60. The maximum Gasteiger partial charge on any atom is 0.256 e. The highest BCUT2D eigenvalue weighted by molar-refractivity contribution is 6.31. The fraction of sp³-hybridized carbons (Fsp3) is 0.190. The molecule has 3 N–H and O–H groups in total. The van der Waals surface area contributed by atoms with Crippen molar-refractivity contribution in [3.63, 3.8) is 0 Å². The highest BCUT2D eigenvalue weighted by atomic mass is 35.5. The van der Waals surface area contributed by atoms with Gasteiger partial charge in [0.1, 0.15) is 0 Å². The Morgan fingerprint density at radius 1 is 1.29 bits per heavy atom. The maximum atomic E-state index is 12.2. The number of nitrogens with one attached hydrogen (secondary N) is 3. The monoisotopic (exact) mass is 395 g/mol. The zero-order valence-electron chi connectivity index (χ0n) is 15.6. The number of halogens is 1. The van der Waals surface area contributed by atoms with E-state index in [1.807, 2.05) is 24.4 Å². The van der Waals surface area contributed by atoms with Crippen molar-refractivity contribution in [2.24, 2.45) is 4.99 Å². The minimum atomic E-state index is -0.252. The molecule has 3 rings (SSSR count). The zero-order valence-corrected chi connectivity index (χ0v) is 16.3. The topological polar surface area (TPSA) is 82.2 Å². The fourth-order valence-corrected chi connectivity index (χ4v) is 3.05. The molecule has 144 valence electrons. The summed E-state index contributed by atoms with van der Waals surface area (Å²) in [5.74, 6) is -0.252. The van der Waals surface area contributed by atoms with E-state index in [1.54, 1.807) is 30.6 Å². The summed E-state index contributed by atoms with van der Waals surface area (Å²) in [6.45, 7) is 2.87. The summed E-state index contributed by atoms with van der Waals surface area (Å²) in [7, 11) is 0. The van der Waals surface area contributed by atoms with Crippen LogP contribution in [0.1, 0.15) is 28.5 Å².